The number of hydrogen-bond donors (Lipinski definition) is 1. The van der Waals surface area contributed by atoms with Crippen LogP contribution in [0, 0.1) is 12.1 Å². The molecule has 0 radical (unpaired) electrons. The minimum Gasteiger partial charge on any atom is -0.359 e. The Labute approximate surface area is 319 Å². The van der Waals surface area contributed by atoms with Gasteiger partial charge in [-0.1, -0.05) is 158 Å². The first-order chi connectivity index (χ1) is 26.8. The second-order valence-corrected chi connectivity index (χ2v) is 14.1. The van der Waals surface area contributed by atoms with Crippen LogP contribution < -0.4 is 5.32 Å². The fourth-order valence-corrected chi connectivity index (χ4v) is 7.81. The summed E-state index contributed by atoms with van der Waals surface area (Å²) in [6, 6.07) is 58.3. The summed E-state index contributed by atoms with van der Waals surface area (Å²) in [7, 11) is 0. The van der Waals surface area contributed by atoms with Gasteiger partial charge < -0.3 is 5.32 Å². The third-order valence-corrected chi connectivity index (χ3v) is 10.7. The molecule has 0 spiro atoms. The summed E-state index contributed by atoms with van der Waals surface area (Å²) >= 11 is 0. The Morgan fingerprint density at radius 2 is 1.22 bits per heavy atom. The lowest BCUT2D eigenvalue weighted by Gasteiger charge is -2.26. The van der Waals surface area contributed by atoms with E-state index in [0.29, 0.717) is 0 Å². The zero-order valence-electron chi connectivity index (χ0n) is 30.2. The summed E-state index contributed by atoms with van der Waals surface area (Å²) in [5.41, 5.74) is 17.1. The monoisotopic (exact) mass is 692 g/mol. The van der Waals surface area contributed by atoms with E-state index in [1.807, 2.05) is 12.1 Å². The van der Waals surface area contributed by atoms with E-state index < -0.39 is 0 Å². The Kier molecular flexibility index (Phi) is 9.28. The van der Waals surface area contributed by atoms with Crippen molar-refractivity contribution in [2.45, 2.75) is 31.7 Å². The second-order valence-electron chi connectivity index (χ2n) is 14.1. The van der Waals surface area contributed by atoms with E-state index >= 15 is 0 Å². The van der Waals surface area contributed by atoms with Crippen LogP contribution in [0.3, 0.4) is 0 Å². The van der Waals surface area contributed by atoms with Crippen molar-refractivity contribution in [1.29, 1.82) is 0 Å². The molecule has 0 aromatic heterocycles. The first-order valence-electron chi connectivity index (χ1n) is 18.9. The lowest BCUT2D eigenvalue weighted by molar-refractivity contribution is 0.762. The maximum atomic E-state index is 5.29. The van der Waals surface area contributed by atoms with E-state index in [0.717, 1.165) is 42.8 Å². The van der Waals surface area contributed by atoms with E-state index in [-0.39, 0.29) is 6.04 Å². The van der Waals surface area contributed by atoms with Gasteiger partial charge in [-0.15, -0.1) is 0 Å². The molecule has 3 aliphatic rings. The third kappa shape index (κ3) is 6.93. The maximum absolute atomic E-state index is 5.29. The van der Waals surface area contributed by atoms with Gasteiger partial charge in [0.1, 0.15) is 5.84 Å². The van der Waals surface area contributed by atoms with Gasteiger partial charge in [-0.3, -0.25) is 0 Å². The summed E-state index contributed by atoms with van der Waals surface area (Å²) < 4.78 is 0. The van der Waals surface area contributed by atoms with E-state index in [4.69, 9.17) is 4.99 Å². The number of nitrogens with one attached hydrogen (secondary N) is 1. The molecule has 0 fully saturated rings. The van der Waals surface area contributed by atoms with Crippen LogP contribution in [0.4, 0.5) is 0 Å². The van der Waals surface area contributed by atoms with Crippen LogP contribution in [0.5, 0.6) is 0 Å². The average molecular weight is 693 g/mol. The lowest BCUT2D eigenvalue weighted by Crippen LogP contribution is -2.31. The summed E-state index contributed by atoms with van der Waals surface area (Å²) in [6.45, 7) is 0. The molecule has 2 nitrogen and oxygen atoms in total. The van der Waals surface area contributed by atoms with Crippen molar-refractivity contribution in [2.75, 3.05) is 0 Å². The van der Waals surface area contributed by atoms with Gasteiger partial charge in [-0.2, -0.15) is 0 Å². The van der Waals surface area contributed by atoms with Crippen LogP contribution in [0.25, 0.3) is 44.5 Å². The molecule has 9 rings (SSSR count). The lowest BCUT2D eigenvalue weighted by atomic mass is 9.82. The van der Waals surface area contributed by atoms with E-state index in [9.17, 15) is 0 Å². The first kappa shape index (κ1) is 33.2. The quantitative estimate of drug-likeness (QED) is 0.169. The molecule has 0 amide bonds. The van der Waals surface area contributed by atoms with Crippen molar-refractivity contribution in [2.24, 2.45) is 4.99 Å². The standard InChI is InChI=1S/C52H40N2/c1-6-16-37(17-7-1)39-26-28-43(29-27-39)50-36-49(42-24-14-5-15-25-42)53-52(54-50)45-32-30-44(31-33-45)51-47(40-20-10-3-11-21-40)34-46(38-18-8-2-9-19-38)35-48(51)41-22-12-4-13-23-41/h2-6,8-12,14-22,24-26,28,30-36,49H,13,23,27,29H2,(H,53,54). The zero-order valence-corrected chi connectivity index (χ0v) is 30.2. The number of rotatable bonds is 8. The zero-order chi connectivity index (χ0) is 36.1. The van der Waals surface area contributed by atoms with Gasteiger partial charge in [-0.25, -0.2) is 4.99 Å². The molecule has 1 atom stereocenters. The second kappa shape index (κ2) is 15.1. The SMILES string of the molecule is c1ccc(C2=CC=C(C3=CC(c4ccccc4)NC(c4ccc(-c5c(C6=CC=CCC6)cc(-c6ccccc6)cc5-c5ccccc5)cc4)=N3)CC2)cc#1. The molecule has 1 heterocycles. The Bertz CT molecular complexity index is 2460. The van der Waals surface area contributed by atoms with Crippen LogP contribution in [0.1, 0.15) is 54.0 Å². The van der Waals surface area contributed by atoms with Crippen molar-refractivity contribution in [3.63, 3.8) is 0 Å². The minimum atomic E-state index is 0.00650. The molecule has 2 aliphatic carbocycles. The van der Waals surface area contributed by atoms with Crippen molar-refractivity contribution >= 4 is 17.0 Å². The van der Waals surface area contributed by atoms with Crippen molar-refractivity contribution in [1.82, 2.24) is 5.32 Å². The largest absolute Gasteiger partial charge is 0.359 e. The fourth-order valence-electron chi connectivity index (χ4n) is 7.81. The predicted molar refractivity (Wildman–Crippen MR) is 225 cm³/mol. The number of nitrogens with zero attached hydrogens (tertiary/aromatic N) is 1. The predicted octanol–water partition coefficient (Wildman–Crippen LogP) is 12.8. The van der Waals surface area contributed by atoms with Gasteiger partial charge in [0.05, 0.1) is 11.7 Å². The summed E-state index contributed by atoms with van der Waals surface area (Å²) in [5, 5.41) is 3.78. The molecule has 54 heavy (non-hydrogen) atoms. The molecule has 1 unspecified atom stereocenters. The molecular weight excluding hydrogens is 653 g/mol. The van der Waals surface area contributed by atoms with E-state index in [1.165, 1.54) is 66.8 Å². The molecule has 1 aliphatic heterocycles. The van der Waals surface area contributed by atoms with E-state index in [2.05, 4.69) is 187 Å². The molecule has 6 aromatic rings. The minimum absolute atomic E-state index is 0.00650. The number of amidine groups is 1. The van der Waals surface area contributed by atoms with E-state index in [1.54, 1.807) is 0 Å². The van der Waals surface area contributed by atoms with Crippen LogP contribution in [-0.4, -0.2) is 5.84 Å². The smallest absolute Gasteiger partial charge is 0.134 e. The first-order valence-corrected chi connectivity index (χ1v) is 18.9. The third-order valence-electron chi connectivity index (χ3n) is 10.7. The Hall–Kier alpha value is -6.69. The van der Waals surface area contributed by atoms with Crippen LogP contribution >= 0.6 is 0 Å². The topological polar surface area (TPSA) is 24.4 Å². The van der Waals surface area contributed by atoms with Crippen molar-refractivity contribution in [3.8, 4) is 33.4 Å². The van der Waals surface area contributed by atoms with Crippen molar-refractivity contribution < 1.29 is 0 Å². The highest BCUT2D eigenvalue weighted by Gasteiger charge is 2.23. The summed E-state index contributed by atoms with van der Waals surface area (Å²) in [6.07, 6.45) is 17.5. The van der Waals surface area contributed by atoms with Crippen LogP contribution in [0.15, 0.2) is 198 Å². The highest BCUT2D eigenvalue weighted by Crippen LogP contribution is 2.43. The number of hydrogen-bond acceptors (Lipinski definition) is 2. The van der Waals surface area contributed by atoms with Crippen LogP contribution in [0.2, 0.25) is 0 Å². The molecule has 2 heteroatoms. The molecule has 0 saturated heterocycles. The fraction of sp³-hybridized carbons (Fsp3) is 0.0962. The van der Waals surface area contributed by atoms with Gasteiger partial charge in [0.25, 0.3) is 0 Å². The highest BCUT2D eigenvalue weighted by molar-refractivity contribution is 6.02. The average Bonchev–Trinajstić information content (AvgIpc) is 3.27. The Balaban J connectivity index is 1.13. The molecule has 258 valence electrons. The Morgan fingerprint density at radius 3 is 1.91 bits per heavy atom. The molecule has 0 bridgehead atoms. The normalized spacial score (nSPS) is 16.5. The highest BCUT2D eigenvalue weighted by atomic mass is 15.0. The number of allylic oxidation sites excluding steroid dienone is 8. The number of benzene rings is 5. The van der Waals surface area contributed by atoms with Gasteiger partial charge in [0.2, 0.25) is 0 Å². The maximum Gasteiger partial charge on any atom is 0.134 e. The van der Waals surface area contributed by atoms with Gasteiger partial charge >= 0.3 is 0 Å². The van der Waals surface area contributed by atoms with Crippen molar-refractivity contribution in [3.05, 3.63) is 228 Å². The summed E-state index contributed by atoms with van der Waals surface area (Å²) in [4.78, 5) is 5.29. The molecule has 6 aromatic carbocycles. The molecule has 0 saturated carbocycles. The van der Waals surface area contributed by atoms with Crippen LogP contribution in [-0.2, 0) is 0 Å². The number of aliphatic imine (C=N–C) groups is 1. The Morgan fingerprint density at radius 1 is 0.537 bits per heavy atom. The molecular formula is C52H40N2. The van der Waals surface area contributed by atoms with Gasteiger partial charge in [-0.05, 0) is 129 Å². The van der Waals surface area contributed by atoms with Gasteiger partial charge in [0.15, 0.2) is 0 Å². The molecule has 1 N–H and O–H groups in total. The van der Waals surface area contributed by atoms with Gasteiger partial charge in [0, 0.05) is 5.56 Å². The summed E-state index contributed by atoms with van der Waals surface area (Å²) in [5.74, 6) is 0.889.